The molecule has 0 saturated carbocycles. The summed E-state index contributed by atoms with van der Waals surface area (Å²) >= 11 is 0. The molecule has 0 spiro atoms. The molecule has 3 rings (SSSR count). The molecule has 2 aromatic rings. The number of hydrazone groups is 1. The van der Waals surface area contributed by atoms with Crippen LogP contribution in [0.4, 0.5) is 18.9 Å². The van der Waals surface area contributed by atoms with Crippen LogP contribution in [-0.2, 0) is 6.54 Å². The zero-order valence-electron chi connectivity index (χ0n) is 14.6. The SMILES string of the molecule is Cc1nn(Cc2ccc(C(=O)N3N=CCC3(O)C(F)(F)F)o2)c(C)c1[N+](=O)[O-]. The predicted octanol–water partition coefficient (Wildman–Crippen LogP) is 2.13. The van der Waals surface area contributed by atoms with Crippen LogP contribution < -0.4 is 0 Å². The monoisotopic (exact) mass is 401 g/mol. The van der Waals surface area contributed by atoms with Crippen LogP contribution in [0.5, 0.6) is 0 Å². The summed E-state index contributed by atoms with van der Waals surface area (Å²) in [5, 5.41) is 28.1. The number of aryl methyl sites for hydroxylation is 1. The minimum Gasteiger partial charge on any atom is -0.454 e. The summed E-state index contributed by atoms with van der Waals surface area (Å²) in [5.41, 5.74) is -3.17. The lowest BCUT2D eigenvalue weighted by Crippen LogP contribution is -2.56. The fraction of sp³-hybridized carbons (Fsp3) is 0.400. The van der Waals surface area contributed by atoms with Crippen LogP contribution >= 0.6 is 0 Å². The zero-order chi connectivity index (χ0) is 20.9. The van der Waals surface area contributed by atoms with Crippen LogP contribution in [-0.4, -0.2) is 48.8 Å². The molecule has 0 fully saturated rings. The Kier molecular flexibility index (Phi) is 4.49. The van der Waals surface area contributed by atoms with Crippen LogP contribution in [0, 0.1) is 24.0 Å². The van der Waals surface area contributed by atoms with E-state index in [1.165, 1.54) is 24.6 Å². The van der Waals surface area contributed by atoms with E-state index in [0.717, 1.165) is 12.3 Å². The van der Waals surface area contributed by atoms with Crippen molar-refractivity contribution < 1.29 is 32.4 Å². The molecule has 0 aliphatic carbocycles. The number of halogens is 3. The van der Waals surface area contributed by atoms with E-state index in [0.29, 0.717) is 0 Å². The van der Waals surface area contributed by atoms with Crippen LogP contribution in [0.15, 0.2) is 21.7 Å². The van der Waals surface area contributed by atoms with E-state index in [-0.39, 0.29) is 34.4 Å². The average Bonchev–Trinajstić information content (AvgIpc) is 3.26. The van der Waals surface area contributed by atoms with Crippen LogP contribution in [0.1, 0.15) is 34.1 Å². The summed E-state index contributed by atoms with van der Waals surface area (Å²) in [6, 6.07) is 2.45. The van der Waals surface area contributed by atoms with Crippen molar-refractivity contribution in [3.05, 3.63) is 45.2 Å². The summed E-state index contributed by atoms with van der Waals surface area (Å²) in [6.45, 7) is 2.86. The molecule has 0 radical (unpaired) electrons. The number of hydrogen-bond acceptors (Lipinski definition) is 7. The molecule has 1 amide bonds. The first-order valence-electron chi connectivity index (χ1n) is 7.89. The van der Waals surface area contributed by atoms with Gasteiger partial charge in [0.25, 0.3) is 5.72 Å². The maximum absolute atomic E-state index is 13.1. The molecule has 0 aromatic carbocycles. The number of nitrogens with zero attached hydrogens (tertiary/aromatic N) is 5. The number of carbonyl (C=O) groups excluding carboxylic acids is 1. The van der Waals surface area contributed by atoms with Crippen LogP contribution in [0.25, 0.3) is 0 Å². The molecule has 3 heterocycles. The third-order valence-corrected chi connectivity index (χ3v) is 4.27. The topological polar surface area (TPSA) is 127 Å². The highest BCUT2D eigenvalue weighted by molar-refractivity contribution is 5.93. The van der Waals surface area contributed by atoms with Gasteiger partial charge in [0, 0.05) is 12.6 Å². The Morgan fingerprint density at radius 2 is 2.11 bits per heavy atom. The van der Waals surface area contributed by atoms with Gasteiger partial charge in [-0.25, -0.2) is 0 Å². The number of carbonyl (C=O) groups is 1. The van der Waals surface area contributed by atoms with E-state index in [1.807, 2.05) is 0 Å². The molecule has 0 saturated heterocycles. The van der Waals surface area contributed by atoms with Crippen molar-refractivity contribution in [2.24, 2.45) is 5.10 Å². The van der Waals surface area contributed by atoms with Crippen molar-refractivity contribution >= 4 is 17.8 Å². The molecule has 1 aliphatic heterocycles. The summed E-state index contributed by atoms with van der Waals surface area (Å²) in [6.07, 6.45) is -5.23. The van der Waals surface area contributed by atoms with Gasteiger partial charge in [0.15, 0.2) is 5.76 Å². The van der Waals surface area contributed by atoms with Crippen molar-refractivity contribution in [1.29, 1.82) is 0 Å². The summed E-state index contributed by atoms with van der Waals surface area (Å²) in [4.78, 5) is 22.8. The first-order chi connectivity index (χ1) is 13.0. The largest absolute Gasteiger partial charge is 0.454 e. The maximum Gasteiger partial charge on any atom is 0.438 e. The Morgan fingerprint density at radius 1 is 1.43 bits per heavy atom. The van der Waals surface area contributed by atoms with Gasteiger partial charge in [0.2, 0.25) is 0 Å². The Balaban J connectivity index is 1.83. The normalized spacial score (nSPS) is 19.4. The summed E-state index contributed by atoms with van der Waals surface area (Å²) in [5.74, 6) is -1.63. The van der Waals surface area contributed by atoms with Crippen molar-refractivity contribution in [2.75, 3.05) is 0 Å². The van der Waals surface area contributed by atoms with Crippen molar-refractivity contribution in [3.63, 3.8) is 0 Å². The molecule has 1 unspecified atom stereocenters. The number of hydrogen-bond donors (Lipinski definition) is 1. The van der Waals surface area contributed by atoms with Gasteiger partial charge in [0.1, 0.15) is 17.1 Å². The van der Waals surface area contributed by atoms with Gasteiger partial charge in [-0.05, 0) is 26.0 Å². The number of aromatic nitrogens is 2. The van der Waals surface area contributed by atoms with Gasteiger partial charge in [-0.1, -0.05) is 0 Å². The predicted molar refractivity (Wildman–Crippen MR) is 86.4 cm³/mol. The molecule has 0 bridgehead atoms. The highest BCUT2D eigenvalue weighted by atomic mass is 19.4. The number of amides is 1. The van der Waals surface area contributed by atoms with Crippen molar-refractivity contribution in [2.45, 2.75) is 38.7 Å². The summed E-state index contributed by atoms with van der Waals surface area (Å²) < 4.78 is 45.8. The fourth-order valence-electron chi connectivity index (χ4n) is 2.82. The van der Waals surface area contributed by atoms with Gasteiger partial charge in [-0.2, -0.15) is 28.4 Å². The van der Waals surface area contributed by atoms with Crippen LogP contribution in [0.2, 0.25) is 0 Å². The second-order valence-electron chi connectivity index (χ2n) is 6.13. The first-order valence-corrected chi connectivity index (χ1v) is 7.89. The molecule has 1 N–H and O–H groups in total. The number of aliphatic hydroxyl groups is 1. The Hall–Kier alpha value is -3.22. The van der Waals surface area contributed by atoms with E-state index in [1.54, 1.807) is 0 Å². The second-order valence-corrected chi connectivity index (χ2v) is 6.13. The Morgan fingerprint density at radius 3 is 2.68 bits per heavy atom. The number of nitro groups is 1. The van der Waals surface area contributed by atoms with E-state index < -0.39 is 34.9 Å². The first kappa shape index (κ1) is 19.5. The molecule has 1 aliphatic rings. The van der Waals surface area contributed by atoms with Crippen molar-refractivity contribution in [3.8, 4) is 0 Å². The third kappa shape index (κ3) is 3.02. The standard InChI is InChI=1S/C15H14F3N5O5/c1-8-12(23(26)27)9(2)21(20-8)7-10-3-4-11(28-10)13(24)22-14(25,5-6-19-22)15(16,17)18/h3-4,6,25H,5,7H2,1-2H3. The highest BCUT2D eigenvalue weighted by Crippen LogP contribution is 2.39. The molecular formula is C15H14F3N5O5. The third-order valence-electron chi connectivity index (χ3n) is 4.27. The molecule has 28 heavy (non-hydrogen) atoms. The van der Waals surface area contributed by atoms with E-state index in [2.05, 4.69) is 10.2 Å². The molecule has 13 heteroatoms. The zero-order valence-corrected chi connectivity index (χ0v) is 14.6. The average molecular weight is 401 g/mol. The molecule has 2 aromatic heterocycles. The number of alkyl halides is 3. The quantitative estimate of drug-likeness (QED) is 0.618. The minimum atomic E-state index is -5.11. The fourth-order valence-corrected chi connectivity index (χ4v) is 2.82. The maximum atomic E-state index is 13.1. The second kappa shape index (κ2) is 6.44. The van der Waals surface area contributed by atoms with E-state index in [9.17, 15) is 33.2 Å². The van der Waals surface area contributed by atoms with Gasteiger partial charge in [-0.15, -0.1) is 0 Å². The number of furan rings is 1. The molecule has 1 atom stereocenters. The van der Waals surface area contributed by atoms with Gasteiger partial charge >= 0.3 is 17.8 Å². The van der Waals surface area contributed by atoms with Crippen molar-refractivity contribution in [1.82, 2.24) is 14.8 Å². The number of rotatable bonds is 4. The molecule has 150 valence electrons. The van der Waals surface area contributed by atoms with E-state index in [4.69, 9.17) is 4.42 Å². The lowest BCUT2D eigenvalue weighted by Gasteiger charge is -2.31. The van der Waals surface area contributed by atoms with Gasteiger partial charge < -0.3 is 9.52 Å². The molecule has 10 nitrogen and oxygen atoms in total. The van der Waals surface area contributed by atoms with Crippen LogP contribution in [0.3, 0.4) is 0 Å². The highest BCUT2D eigenvalue weighted by Gasteiger charge is 2.61. The van der Waals surface area contributed by atoms with E-state index >= 15 is 0 Å². The van der Waals surface area contributed by atoms with Gasteiger partial charge in [0.05, 0.1) is 11.5 Å². The lowest BCUT2D eigenvalue weighted by atomic mass is 10.1. The Labute approximate surface area is 155 Å². The van der Waals surface area contributed by atoms with Gasteiger partial charge in [-0.3, -0.25) is 19.6 Å². The minimum absolute atomic E-state index is 0.0796. The smallest absolute Gasteiger partial charge is 0.438 e. The summed E-state index contributed by atoms with van der Waals surface area (Å²) in [7, 11) is 0. The lowest BCUT2D eigenvalue weighted by molar-refractivity contribution is -0.386. The molecular weight excluding hydrogens is 387 g/mol. The Bertz CT molecular complexity index is 979.